The van der Waals surface area contributed by atoms with Gasteiger partial charge in [0.2, 0.25) is 9.84 Å². The Bertz CT molecular complexity index is 2190. The van der Waals surface area contributed by atoms with Crippen LogP contribution in [0.15, 0.2) is 125 Å². The minimum Gasteiger partial charge on any atom is -0.310 e. The Morgan fingerprint density at radius 3 is 1.81 bits per heavy atom. The molecular weight excluding hydrogens is 595 g/mol. The minimum atomic E-state index is -3.65. The molecule has 4 bridgehead atoms. The fourth-order valence-corrected chi connectivity index (χ4v) is 13.0. The van der Waals surface area contributed by atoms with Crippen molar-refractivity contribution >= 4 is 26.9 Å². The van der Waals surface area contributed by atoms with E-state index in [1.807, 2.05) is 24.3 Å². The quantitative estimate of drug-likeness (QED) is 0.198. The van der Waals surface area contributed by atoms with Crippen LogP contribution in [0.5, 0.6) is 0 Å². The number of para-hydroxylation sites is 1. The van der Waals surface area contributed by atoms with Gasteiger partial charge in [-0.1, -0.05) is 80.6 Å². The van der Waals surface area contributed by atoms with E-state index < -0.39 is 9.84 Å². The molecule has 1 aliphatic heterocycles. The summed E-state index contributed by atoms with van der Waals surface area (Å²) in [5.74, 6) is 2.49. The molecule has 0 radical (unpaired) electrons. The van der Waals surface area contributed by atoms with Crippen molar-refractivity contribution in [1.82, 2.24) is 0 Å². The summed E-state index contributed by atoms with van der Waals surface area (Å²) in [4.78, 5) is 3.40. The zero-order chi connectivity index (χ0) is 31.7. The van der Waals surface area contributed by atoms with E-state index in [1.165, 1.54) is 54.4 Å². The summed E-state index contributed by atoms with van der Waals surface area (Å²) in [6, 6.07) is 40.5. The van der Waals surface area contributed by atoms with Crippen LogP contribution in [0.4, 0.5) is 17.1 Å². The lowest BCUT2D eigenvalue weighted by Gasteiger charge is -2.63. The number of sulfone groups is 1. The lowest BCUT2D eigenvalue weighted by Crippen LogP contribution is -2.57. The average molecular weight is 634 g/mol. The Balaban J connectivity index is 1.21. The van der Waals surface area contributed by atoms with Crippen molar-refractivity contribution < 1.29 is 8.42 Å². The molecule has 5 aromatic rings. The van der Waals surface area contributed by atoms with Crippen molar-refractivity contribution in [2.75, 3.05) is 4.90 Å². The van der Waals surface area contributed by atoms with E-state index in [9.17, 15) is 8.42 Å². The van der Waals surface area contributed by atoms with Crippen molar-refractivity contribution in [2.24, 2.45) is 23.7 Å². The first-order chi connectivity index (χ1) is 22.8. The first kappa shape index (κ1) is 27.9. The normalized spacial score (nSPS) is 28.0. The van der Waals surface area contributed by atoms with Crippen LogP contribution in [-0.4, -0.2) is 8.42 Å². The summed E-state index contributed by atoms with van der Waals surface area (Å²) < 4.78 is 28.9. The molecule has 5 aliphatic carbocycles. The second kappa shape index (κ2) is 9.48. The molecule has 4 fully saturated rings. The Kier molecular flexibility index (Phi) is 5.63. The van der Waals surface area contributed by atoms with Crippen molar-refractivity contribution in [2.45, 2.75) is 66.6 Å². The second-order valence-corrected chi connectivity index (χ2v) is 17.3. The van der Waals surface area contributed by atoms with E-state index in [2.05, 4.69) is 110 Å². The molecule has 1 spiro atoms. The molecule has 5 aromatic carbocycles. The van der Waals surface area contributed by atoms with Crippen LogP contribution >= 0.6 is 0 Å². The smallest absolute Gasteiger partial charge is 0.207 e. The van der Waals surface area contributed by atoms with Gasteiger partial charge in [0, 0.05) is 27.9 Å². The summed E-state index contributed by atoms with van der Waals surface area (Å²) >= 11 is 0. The molecule has 0 N–H and O–H groups in total. The molecular formula is C43H39NO2S. The standard InChI is InChI=1S/C43H39NO2S/c1-42(2)36-13-7-6-12-34(36)35-18-16-32(25-38(35)42)44(31-10-4-3-5-11-31)33-17-19-41-39(26-33)43(37-14-8-9-15-40(37)47(41,45)46)29-21-27-20-28(23-29)24-30(43)22-27/h3-19,25-30H,20-24H2,1-2H3. The first-order valence-corrected chi connectivity index (χ1v) is 18.8. The highest BCUT2D eigenvalue weighted by molar-refractivity contribution is 7.91. The van der Waals surface area contributed by atoms with Crippen molar-refractivity contribution in [3.05, 3.63) is 138 Å². The lowest BCUT2D eigenvalue weighted by atomic mass is 9.42. The molecule has 0 atom stereocenters. The van der Waals surface area contributed by atoms with Gasteiger partial charge in [-0.25, -0.2) is 8.42 Å². The summed E-state index contributed by atoms with van der Waals surface area (Å²) in [6.07, 6.45) is 6.17. The van der Waals surface area contributed by atoms with E-state index in [0.29, 0.717) is 21.6 Å². The highest BCUT2D eigenvalue weighted by Crippen LogP contribution is 2.68. The maximum atomic E-state index is 14.4. The van der Waals surface area contributed by atoms with Crippen LogP contribution in [0.25, 0.3) is 11.1 Å². The predicted molar refractivity (Wildman–Crippen MR) is 188 cm³/mol. The summed E-state index contributed by atoms with van der Waals surface area (Å²) in [7, 11) is -3.65. The van der Waals surface area contributed by atoms with Crippen LogP contribution < -0.4 is 4.90 Å². The maximum Gasteiger partial charge on any atom is 0.207 e. The van der Waals surface area contributed by atoms with Gasteiger partial charge < -0.3 is 4.90 Å². The van der Waals surface area contributed by atoms with Gasteiger partial charge >= 0.3 is 0 Å². The number of rotatable bonds is 3. The Morgan fingerprint density at radius 1 is 0.532 bits per heavy atom. The van der Waals surface area contributed by atoms with Gasteiger partial charge in [0.25, 0.3) is 0 Å². The fourth-order valence-electron chi connectivity index (χ4n) is 11.2. The van der Waals surface area contributed by atoms with Crippen LogP contribution in [0.2, 0.25) is 0 Å². The number of fused-ring (bicyclic) bond motifs is 5. The van der Waals surface area contributed by atoms with Crippen LogP contribution in [0.3, 0.4) is 0 Å². The molecule has 234 valence electrons. The van der Waals surface area contributed by atoms with Crippen molar-refractivity contribution in [1.29, 1.82) is 0 Å². The molecule has 4 saturated carbocycles. The van der Waals surface area contributed by atoms with Gasteiger partial charge in [-0.2, -0.15) is 0 Å². The molecule has 0 aromatic heterocycles. The fraction of sp³-hybridized carbons (Fsp3) is 0.302. The zero-order valence-corrected chi connectivity index (χ0v) is 27.8. The van der Waals surface area contributed by atoms with E-state index in [0.717, 1.165) is 40.0 Å². The average Bonchev–Trinajstić information content (AvgIpc) is 3.31. The van der Waals surface area contributed by atoms with Crippen molar-refractivity contribution in [3.63, 3.8) is 0 Å². The second-order valence-electron chi connectivity index (χ2n) is 15.4. The number of benzene rings is 5. The summed E-state index contributed by atoms with van der Waals surface area (Å²) in [6.45, 7) is 4.65. The van der Waals surface area contributed by atoms with E-state index in [-0.39, 0.29) is 10.8 Å². The Morgan fingerprint density at radius 2 is 1.09 bits per heavy atom. The van der Waals surface area contributed by atoms with E-state index in [4.69, 9.17) is 0 Å². The third kappa shape index (κ3) is 3.60. The van der Waals surface area contributed by atoms with Gasteiger partial charge in [-0.3, -0.25) is 0 Å². The van der Waals surface area contributed by atoms with Crippen LogP contribution in [0, 0.1) is 23.7 Å². The minimum absolute atomic E-state index is 0.123. The molecule has 0 saturated heterocycles. The molecule has 0 unspecified atom stereocenters. The SMILES string of the molecule is CC1(C)c2ccccc2-c2ccc(N(c3ccccc3)c3ccc4c(c3)C3(c5ccccc5S4(=O)=O)C4CC5CC(C4)CC3C5)cc21. The lowest BCUT2D eigenvalue weighted by molar-refractivity contribution is -0.0446. The maximum absolute atomic E-state index is 14.4. The topological polar surface area (TPSA) is 37.4 Å². The molecule has 1 heterocycles. The summed E-state index contributed by atoms with van der Waals surface area (Å²) in [5.41, 5.74) is 10.2. The Labute approximate surface area is 278 Å². The molecule has 3 nitrogen and oxygen atoms in total. The number of hydrogen-bond acceptors (Lipinski definition) is 3. The van der Waals surface area contributed by atoms with E-state index >= 15 is 0 Å². The molecule has 11 rings (SSSR count). The van der Waals surface area contributed by atoms with Gasteiger partial charge in [0.05, 0.1) is 9.79 Å². The zero-order valence-electron chi connectivity index (χ0n) is 27.0. The molecule has 47 heavy (non-hydrogen) atoms. The largest absolute Gasteiger partial charge is 0.310 e. The third-order valence-corrected chi connectivity index (χ3v) is 14.7. The number of anilines is 3. The Hall–Kier alpha value is -4.15. The monoisotopic (exact) mass is 633 g/mol. The third-order valence-electron chi connectivity index (χ3n) is 12.8. The first-order valence-electron chi connectivity index (χ1n) is 17.4. The highest BCUT2D eigenvalue weighted by atomic mass is 32.2. The van der Waals surface area contributed by atoms with Gasteiger partial charge in [0.1, 0.15) is 0 Å². The number of nitrogens with zero attached hydrogens (tertiary/aromatic N) is 1. The molecule has 0 amide bonds. The van der Waals surface area contributed by atoms with E-state index in [1.54, 1.807) is 0 Å². The predicted octanol–water partition coefficient (Wildman–Crippen LogP) is 10.4. The van der Waals surface area contributed by atoms with Crippen molar-refractivity contribution in [3.8, 4) is 11.1 Å². The highest BCUT2D eigenvalue weighted by Gasteiger charge is 2.62. The summed E-state index contributed by atoms with van der Waals surface area (Å²) in [5, 5.41) is 0. The van der Waals surface area contributed by atoms with Gasteiger partial charge in [0.15, 0.2) is 0 Å². The van der Waals surface area contributed by atoms with Gasteiger partial charge in [-0.05, 0) is 138 Å². The molecule has 6 aliphatic rings. The van der Waals surface area contributed by atoms with Gasteiger partial charge in [-0.15, -0.1) is 0 Å². The molecule has 4 heteroatoms. The van der Waals surface area contributed by atoms with Crippen LogP contribution in [0.1, 0.15) is 68.2 Å². The van der Waals surface area contributed by atoms with Crippen LogP contribution in [-0.2, 0) is 20.7 Å². The number of hydrogen-bond donors (Lipinski definition) is 0.